The maximum atomic E-state index is 13.2. The van der Waals surface area contributed by atoms with Crippen molar-refractivity contribution >= 4 is 23.5 Å². The van der Waals surface area contributed by atoms with Crippen molar-refractivity contribution in [2.75, 3.05) is 12.4 Å². The third-order valence-corrected chi connectivity index (χ3v) is 6.73. The van der Waals surface area contributed by atoms with Crippen LogP contribution in [-0.2, 0) is 16.1 Å². The Hall–Kier alpha value is -3.93. The molecular weight excluding hydrogens is 452 g/mol. The quantitative estimate of drug-likeness (QED) is 0.457. The van der Waals surface area contributed by atoms with Gasteiger partial charge in [0.15, 0.2) is 0 Å². The number of aryl methyl sites for hydroxylation is 3. The number of fused-ring (bicyclic) bond motifs is 1. The van der Waals surface area contributed by atoms with Gasteiger partial charge in [0, 0.05) is 23.4 Å². The van der Waals surface area contributed by atoms with Crippen molar-refractivity contribution in [2.45, 2.75) is 47.2 Å². The molecule has 0 radical (unpaired) electrons. The molecule has 1 unspecified atom stereocenters. The second kappa shape index (κ2) is 9.97. The van der Waals surface area contributed by atoms with Crippen molar-refractivity contribution in [3.63, 3.8) is 0 Å². The first kappa shape index (κ1) is 25.2. The summed E-state index contributed by atoms with van der Waals surface area (Å²) in [5, 5.41) is 2.99. The molecule has 3 aromatic carbocycles. The summed E-state index contributed by atoms with van der Waals surface area (Å²) in [7, 11) is 1.35. The molecule has 0 saturated carbocycles. The third-order valence-electron chi connectivity index (χ3n) is 6.73. The fourth-order valence-electron chi connectivity index (χ4n) is 5.09. The number of ether oxygens (including phenoxy) is 1. The first-order chi connectivity index (χ1) is 17.1. The average Bonchev–Trinajstić information content (AvgIpc) is 3.14. The number of benzene rings is 3. The summed E-state index contributed by atoms with van der Waals surface area (Å²) >= 11 is 0. The molecule has 0 saturated heterocycles. The molecule has 6 nitrogen and oxygen atoms in total. The molecule has 1 aliphatic heterocycles. The smallest absolute Gasteiger partial charge is 0.328 e. The predicted octanol–water partition coefficient (Wildman–Crippen LogP) is 5.68. The van der Waals surface area contributed by atoms with Crippen LogP contribution in [0.4, 0.5) is 5.69 Å². The lowest BCUT2D eigenvalue weighted by Gasteiger charge is -2.28. The van der Waals surface area contributed by atoms with Gasteiger partial charge in [-0.2, -0.15) is 0 Å². The van der Waals surface area contributed by atoms with E-state index in [0.29, 0.717) is 23.4 Å². The van der Waals surface area contributed by atoms with Crippen LogP contribution in [0.25, 0.3) is 11.1 Å². The summed E-state index contributed by atoms with van der Waals surface area (Å²) in [6, 6.07) is 16.8. The van der Waals surface area contributed by atoms with Gasteiger partial charge in [0.25, 0.3) is 11.8 Å². The predicted molar refractivity (Wildman–Crippen MR) is 141 cm³/mol. The summed E-state index contributed by atoms with van der Waals surface area (Å²) in [6.45, 7) is 10.1. The molecular formula is C30H32N2O4. The standard InChI is InChI=1S/C30H32N2O4/c1-17(2)27(30(35)36-6)32-16-23-8-7-22(15-25(23)29(32)34)21-9-11-24(12-10-21)31-28(33)26-19(4)13-18(3)14-20(26)5/h7-15,17,27H,16H2,1-6H3,(H,31,33). The highest BCUT2D eigenvalue weighted by Gasteiger charge is 2.38. The van der Waals surface area contributed by atoms with Crippen LogP contribution in [0.1, 0.15) is 56.8 Å². The topological polar surface area (TPSA) is 75.7 Å². The van der Waals surface area contributed by atoms with E-state index in [-0.39, 0.29) is 17.7 Å². The van der Waals surface area contributed by atoms with Crippen LogP contribution in [-0.4, -0.2) is 35.8 Å². The molecule has 6 heteroatoms. The Balaban J connectivity index is 1.53. The minimum Gasteiger partial charge on any atom is -0.467 e. The lowest BCUT2D eigenvalue weighted by Crippen LogP contribution is -2.45. The zero-order valence-electron chi connectivity index (χ0n) is 21.6. The monoisotopic (exact) mass is 484 g/mol. The van der Waals surface area contributed by atoms with Crippen molar-refractivity contribution in [3.05, 3.63) is 88.0 Å². The lowest BCUT2D eigenvalue weighted by atomic mass is 9.98. The molecule has 0 aromatic heterocycles. The summed E-state index contributed by atoms with van der Waals surface area (Å²) < 4.78 is 4.95. The van der Waals surface area contributed by atoms with Crippen LogP contribution < -0.4 is 5.32 Å². The maximum Gasteiger partial charge on any atom is 0.328 e. The van der Waals surface area contributed by atoms with Crippen molar-refractivity contribution in [1.82, 2.24) is 4.90 Å². The van der Waals surface area contributed by atoms with E-state index in [9.17, 15) is 14.4 Å². The summed E-state index contributed by atoms with van der Waals surface area (Å²) in [6.07, 6.45) is 0. The zero-order chi connectivity index (χ0) is 26.1. The van der Waals surface area contributed by atoms with E-state index in [4.69, 9.17) is 4.74 Å². The Bertz CT molecular complexity index is 1320. The number of amides is 2. The highest BCUT2D eigenvalue weighted by atomic mass is 16.5. The molecule has 0 spiro atoms. The molecule has 0 bridgehead atoms. The van der Waals surface area contributed by atoms with Crippen LogP contribution in [0.3, 0.4) is 0 Å². The van der Waals surface area contributed by atoms with Gasteiger partial charge in [-0.25, -0.2) is 4.79 Å². The minimum atomic E-state index is -0.623. The van der Waals surface area contributed by atoms with Gasteiger partial charge < -0.3 is 15.0 Å². The van der Waals surface area contributed by atoms with Gasteiger partial charge in [0.2, 0.25) is 0 Å². The summed E-state index contributed by atoms with van der Waals surface area (Å²) in [5.74, 6) is -0.764. The average molecular weight is 485 g/mol. The lowest BCUT2D eigenvalue weighted by molar-refractivity contribution is -0.147. The normalized spacial score (nSPS) is 13.5. The maximum absolute atomic E-state index is 13.2. The SMILES string of the molecule is COC(=O)C(C(C)C)N1Cc2ccc(-c3ccc(NC(=O)c4c(C)cc(C)cc4C)cc3)cc2C1=O. The number of carbonyl (C=O) groups is 3. The molecule has 4 rings (SSSR count). The Morgan fingerprint density at radius 1 is 0.917 bits per heavy atom. The molecule has 36 heavy (non-hydrogen) atoms. The molecule has 1 aliphatic rings. The molecule has 2 amide bonds. The molecule has 1 heterocycles. The second-order valence-corrected chi connectivity index (χ2v) is 9.82. The first-order valence-electron chi connectivity index (χ1n) is 12.1. The minimum absolute atomic E-state index is 0.0644. The molecule has 1 N–H and O–H groups in total. The van der Waals surface area contributed by atoms with Gasteiger partial charge in [-0.1, -0.05) is 55.8 Å². The van der Waals surface area contributed by atoms with E-state index in [1.165, 1.54) is 7.11 Å². The first-order valence-corrected chi connectivity index (χ1v) is 12.1. The zero-order valence-corrected chi connectivity index (χ0v) is 21.6. The Morgan fingerprint density at radius 3 is 2.11 bits per heavy atom. The second-order valence-electron chi connectivity index (χ2n) is 9.82. The van der Waals surface area contributed by atoms with Crippen LogP contribution in [0, 0.1) is 26.7 Å². The number of methoxy groups -OCH3 is 1. The van der Waals surface area contributed by atoms with Gasteiger partial charge in [0.1, 0.15) is 6.04 Å². The van der Waals surface area contributed by atoms with Crippen LogP contribution >= 0.6 is 0 Å². The van der Waals surface area contributed by atoms with Crippen LogP contribution in [0.15, 0.2) is 54.6 Å². The van der Waals surface area contributed by atoms with Crippen LogP contribution in [0.2, 0.25) is 0 Å². The Labute approximate surface area is 212 Å². The molecule has 3 aromatic rings. The van der Waals surface area contributed by atoms with E-state index < -0.39 is 12.0 Å². The Morgan fingerprint density at radius 2 is 1.53 bits per heavy atom. The number of nitrogens with one attached hydrogen (secondary N) is 1. The number of rotatable bonds is 6. The van der Waals surface area contributed by atoms with Gasteiger partial charge in [-0.05, 0) is 72.7 Å². The fourth-order valence-corrected chi connectivity index (χ4v) is 5.09. The highest BCUT2D eigenvalue weighted by Crippen LogP contribution is 2.32. The molecule has 0 fully saturated rings. The number of hydrogen-bond donors (Lipinski definition) is 1. The summed E-state index contributed by atoms with van der Waals surface area (Å²) in [5.41, 5.74) is 7.74. The van der Waals surface area contributed by atoms with Crippen molar-refractivity contribution in [1.29, 1.82) is 0 Å². The number of anilines is 1. The number of hydrogen-bond acceptors (Lipinski definition) is 4. The largest absolute Gasteiger partial charge is 0.467 e. The van der Waals surface area contributed by atoms with E-state index >= 15 is 0 Å². The molecule has 1 atom stereocenters. The molecule has 0 aliphatic carbocycles. The van der Waals surface area contributed by atoms with E-state index in [1.54, 1.807) is 4.90 Å². The van der Waals surface area contributed by atoms with Crippen molar-refractivity contribution in [2.24, 2.45) is 5.92 Å². The van der Waals surface area contributed by atoms with Gasteiger partial charge >= 0.3 is 5.97 Å². The number of carbonyl (C=O) groups excluding carboxylic acids is 3. The highest BCUT2D eigenvalue weighted by molar-refractivity contribution is 6.06. The van der Waals surface area contributed by atoms with Crippen LogP contribution in [0.5, 0.6) is 0 Å². The third kappa shape index (κ3) is 4.76. The van der Waals surface area contributed by atoms with Crippen molar-refractivity contribution in [3.8, 4) is 11.1 Å². The molecule has 186 valence electrons. The summed E-state index contributed by atoms with van der Waals surface area (Å²) in [4.78, 5) is 40.0. The Kier molecular flexibility index (Phi) is 6.97. The van der Waals surface area contributed by atoms with E-state index in [0.717, 1.165) is 33.4 Å². The van der Waals surface area contributed by atoms with E-state index in [2.05, 4.69) is 5.32 Å². The van der Waals surface area contributed by atoms with Crippen molar-refractivity contribution < 1.29 is 19.1 Å². The van der Waals surface area contributed by atoms with Gasteiger partial charge in [-0.3, -0.25) is 9.59 Å². The number of esters is 1. The van der Waals surface area contributed by atoms with E-state index in [1.807, 2.05) is 89.2 Å². The van der Waals surface area contributed by atoms with Gasteiger partial charge in [-0.15, -0.1) is 0 Å². The fraction of sp³-hybridized carbons (Fsp3) is 0.300. The van der Waals surface area contributed by atoms with Gasteiger partial charge in [0.05, 0.1) is 7.11 Å². The number of nitrogens with zero attached hydrogens (tertiary/aromatic N) is 1.